The second kappa shape index (κ2) is 8.36. The Labute approximate surface area is 149 Å². The van der Waals surface area contributed by atoms with Crippen molar-refractivity contribution in [2.45, 2.75) is 19.5 Å². The first kappa shape index (κ1) is 17.8. The molecule has 0 unspecified atom stereocenters. The topological polar surface area (TPSA) is 35.5 Å². The number of halogens is 1. The van der Waals surface area contributed by atoms with Gasteiger partial charge in [-0.1, -0.05) is 18.2 Å². The molecule has 1 aromatic heterocycles. The second-order valence-corrected chi connectivity index (χ2v) is 6.78. The highest BCUT2D eigenvalue weighted by molar-refractivity contribution is 5.26. The maximum Gasteiger partial charge on any atom is 0.224 e. The van der Waals surface area contributed by atoms with Gasteiger partial charge in [0.05, 0.1) is 0 Å². The number of rotatable bonds is 5. The van der Waals surface area contributed by atoms with E-state index in [1.807, 2.05) is 43.5 Å². The van der Waals surface area contributed by atoms with E-state index in [0.717, 1.165) is 56.2 Å². The summed E-state index contributed by atoms with van der Waals surface area (Å²) in [5.74, 6) is 0.623. The van der Waals surface area contributed by atoms with Gasteiger partial charge in [-0.25, -0.2) is 14.4 Å². The smallest absolute Gasteiger partial charge is 0.224 e. The van der Waals surface area contributed by atoms with Crippen molar-refractivity contribution in [3.05, 3.63) is 53.6 Å². The molecule has 0 atom stereocenters. The Kier molecular flexibility index (Phi) is 5.94. The molecule has 0 spiro atoms. The van der Waals surface area contributed by atoms with E-state index in [-0.39, 0.29) is 5.82 Å². The molecule has 1 saturated heterocycles. The van der Waals surface area contributed by atoms with Gasteiger partial charge in [0, 0.05) is 63.8 Å². The molecule has 1 aromatic carbocycles. The zero-order valence-electron chi connectivity index (χ0n) is 15.0. The van der Waals surface area contributed by atoms with E-state index in [4.69, 9.17) is 0 Å². The normalized spacial score (nSPS) is 16.6. The third-order valence-electron chi connectivity index (χ3n) is 4.53. The average Bonchev–Trinajstić information content (AvgIpc) is 2.83. The Balaban J connectivity index is 1.53. The lowest BCUT2D eigenvalue weighted by Gasteiger charge is -2.22. The highest BCUT2D eigenvalue weighted by Crippen LogP contribution is 2.14. The highest BCUT2D eigenvalue weighted by Gasteiger charge is 2.16. The Morgan fingerprint density at radius 2 is 1.60 bits per heavy atom. The summed E-state index contributed by atoms with van der Waals surface area (Å²) < 4.78 is 13.8. The lowest BCUT2D eigenvalue weighted by atomic mass is 10.2. The summed E-state index contributed by atoms with van der Waals surface area (Å²) in [5, 5.41) is 0. The predicted molar refractivity (Wildman–Crippen MR) is 97.9 cm³/mol. The van der Waals surface area contributed by atoms with Gasteiger partial charge < -0.3 is 4.90 Å². The molecule has 6 heteroatoms. The molecule has 1 aliphatic rings. The van der Waals surface area contributed by atoms with Crippen LogP contribution in [0.2, 0.25) is 0 Å². The summed E-state index contributed by atoms with van der Waals surface area (Å²) in [6.07, 6.45) is 4.90. The zero-order valence-corrected chi connectivity index (χ0v) is 15.0. The minimum atomic E-state index is -0.110. The molecular weight excluding hydrogens is 317 g/mol. The van der Waals surface area contributed by atoms with Crippen LogP contribution in [-0.2, 0) is 13.1 Å². The minimum absolute atomic E-state index is 0.110. The van der Waals surface area contributed by atoms with E-state index in [1.165, 1.54) is 6.07 Å². The third kappa shape index (κ3) is 4.96. The van der Waals surface area contributed by atoms with E-state index in [1.54, 1.807) is 6.07 Å². The van der Waals surface area contributed by atoms with Crippen molar-refractivity contribution < 1.29 is 4.39 Å². The van der Waals surface area contributed by atoms with Crippen molar-refractivity contribution in [2.75, 3.05) is 45.2 Å². The summed E-state index contributed by atoms with van der Waals surface area (Å²) in [5.41, 5.74) is 1.91. The SMILES string of the molecule is CN(C)c1ncc(CN2CCCN(Cc3ccccc3F)CC2)cn1. The Hall–Kier alpha value is -2.05. The average molecular weight is 343 g/mol. The van der Waals surface area contributed by atoms with Gasteiger partial charge in [-0.15, -0.1) is 0 Å². The van der Waals surface area contributed by atoms with E-state index >= 15 is 0 Å². The number of aromatic nitrogens is 2. The van der Waals surface area contributed by atoms with Crippen molar-refractivity contribution in [3.8, 4) is 0 Å². The number of benzene rings is 1. The fourth-order valence-electron chi connectivity index (χ4n) is 3.13. The molecule has 0 aliphatic carbocycles. The molecular formula is C19H26FN5. The molecule has 2 heterocycles. The molecule has 1 fully saturated rings. The molecule has 134 valence electrons. The van der Waals surface area contributed by atoms with Gasteiger partial charge in [-0.2, -0.15) is 0 Å². The molecule has 0 bridgehead atoms. The lowest BCUT2D eigenvalue weighted by Crippen LogP contribution is -2.30. The molecule has 3 rings (SSSR count). The minimum Gasteiger partial charge on any atom is -0.347 e. The van der Waals surface area contributed by atoms with Gasteiger partial charge in [-0.05, 0) is 25.6 Å². The number of hydrogen-bond donors (Lipinski definition) is 0. The van der Waals surface area contributed by atoms with Gasteiger partial charge in [0.15, 0.2) is 0 Å². The van der Waals surface area contributed by atoms with Crippen molar-refractivity contribution in [3.63, 3.8) is 0 Å². The highest BCUT2D eigenvalue weighted by atomic mass is 19.1. The standard InChI is InChI=1S/C19H26FN5/c1-23(2)19-21-12-16(13-22-19)14-24-8-5-9-25(11-10-24)15-17-6-3-4-7-18(17)20/h3-4,6-7,12-13H,5,8-11,14-15H2,1-2H3. The van der Waals surface area contributed by atoms with E-state index < -0.39 is 0 Å². The quantitative estimate of drug-likeness (QED) is 0.833. The molecule has 0 radical (unpaired) electrons. The Bertz CT molecular complexity index is 674. The lowest BCUT2D eigenvalue weighted by molar-refractivity contribution is 0.245. The molecule has 5 nitrogen and oxygen atoms in total. The largest absolute Gasteiger partial charge is 0.347 e. The van der Waals surface area contributed by atoms with Crippen LogP contribution in [0.15, 0.2) is 36.7 Å². The fraction of sp³-hybridized carbons (Fsp3) is 0.474. The predicted octanol–water partition coefficient (Wildman–Crippen LogP) is 2.39. The van der Waals surface area contributed by atoms with Gasteiger partial charge in [0.25, 0.3) is 0 Å². The van der Waals surface area contributed by atoms with Crippen LogP contribution in [-0.4, -0.2) is 60.0 Å². The fourth-order valence-corrected chi connectivity index (χ4v) is 3.13. The first-order valence-corrected chi connectivity index (χ1v) is 8.78. The van der Waals surface area contributed by atoms with Crippen LogP contribution in [0.1, 0.15) is 17.5 Å². The van der Waals surface area contributed by atoms with Crippen LogP contribution in [0, 0.1) is 5.82 Å². The van der Waals surface area contributed by atoms with Crippen molar-refractivity contribution in [1.82, 2.24) is 19.8 Å². The van der Waals surface area contributed by atoms with Crippen LogP contribution in [0.3, 0.4) is 0 Å². The van der Waals surface area contributed by atoms with Gasteiger partial charge in [0.2, 0.25) is 5.95 Å². The maximum atomic E-state index is 13.8. The monoisotopic (exact) mass is 343 g/mol. The zero-order chi connectivity index (χ0) is 17.6. The molecule has 0 amide bonds. The summed E-state index contributed by atoms with van der Waals surface area (Å²) in [4.78, 5) is 15.4. The molecule has 0 saturated carbocycles. The second-order valence-electron chi connectivity index (χ2n) is 6.78. The van der Waals surface area contributed by atoms with Crippen molar-refractivity contribution in [1.29, 1.82) is 0 Å². The van der Waals surface area contributed by atoms with E-state index in [9.17, 15) is 4.39 Å². The van der Waals surface area contributed by atoms with Crippen LogP contribution in [0.4, 0.5) is 10.3 Å². The summed E-state index contributed by atoms with van der Waals surface area (Å²) in [6.45, 7) is 5.52. The van der Waals surface area contributed by atoms with E-state index in [0.29, 0.717) is 6.54 Å². The van der Waals surface area contributed by atoms with Crippen LogP contribution in [0.25, 0.3) is 0 Å². The molecule has 1 aliphatic heterocycles. The van der Waals surface area contributed by atoms with Crippen molar-refractivity contribution >= 4 is 5.95 Å². The van der Waals surface area contributed by atoms with Crippen LogP contribution < -0.4 is 4.90 Å². The molecule has 0 N–H and O–H groups in total. The van der Waals surface area contributed by atoms with Crippen LogP contribution in [0.5, 0.6) is 0 Å². The summed E-state index contributed by atoms with van der Waals surface area (Å²) in [6, 6.07) is 7.06. The summed E-state index contributed by atoms with van der Waals surface area (Å²) in [7, 11) is 3.88. The number of nitrogens with zero attached hydrogens (tertiary/aromatic N) is 5. The number of anilines is 1. The van der Waals surface area contributed by atoms with Crippen LogP contribution >= 0.6 is 0 Å². The molecule has 25 heavy (non-hydrogen) atoms. The maximum absolute atomic E-state index is 13.8. The Morgan fingerprint density at radius 1 is 0.960 bits per heavy atom. The first-order valence-electron chi connectivity index (χ1n) is 8.78. The first-order chi connectivity index (χ1) is 12.1. The van der Waals surface area contributed by atoms with Gasteiger partial charge >= 0.3 is 0 Å². The Morgan fingerprint density at radius 3 is 2.24 bits per heavy atom. The molecule has 2 aromatic rings. The van der Waals surface area contributed by atoms with E-state index in [2.05, 4.69) is 19.8 Å². The third-order valence-corrected chi connectivity index (χ3v) is 4.53. The number of hydrogen-bond acceptors (Lipinski definition) is 5. The van der Waals surface area contributed by atoms with Crippen molar-refractivity contribution in [2.24, 2.45) is 0 Å². The van der Waals surface area contributed by atoms with Gasteiger partial charge in [-0.3, -0.25) is 9.80 Å². The van der Waals surface area contributed by atoms with Gasteiger partial charge in [0.1, 0.15) is 5.82 Å². The summed E-state index contributed by atoms with van der Waals surface area (Å²) >= 11 is 0.